The molecule has 3 rings (SSSR count). The van der Waals surface area contributed by atoms with Crippen molar-refractivity contribution in [1.29, 1.82) is 0 Å². The van der Waals surface area contributed by atoms with Crippen LogP contribution in [-0.4, -0.2) is 9.78 Å². The number of nitrogens with zero attached hydrogens (tertiary/aromatic N) is 2. The Morgan fingerprint density at radius 3 is 2.61 bits per heavy atom. The second-order valence-corrected chi connectivity index (χ2v) is 5.61. The molecule has 0 aliphatic heterocycles. The molecule has 3 N–H and O–H groups in total. The molecule has 1 aromatic heterocycles. The van der Waals surface area contributed by atoms with Gasteiger partial charge in [-0.15, -0.1) is 0 Å². The molecule has 0 bridgehead atoms. The minimum atomic E-state index is 0.569. The number of nitrogens with one attached hydrogen (secondary N) is 1. The SMILES string of the molecule is C=C(Nc1cc(C)ccc1C)c1cnn(-c2ccccc2)c1N. The minimum Gasteiger partial charge on any atom is -0.383 e. The quantitative estimate of drug-likeness (QED) is 0.761. The molecular formula is C19H20N4. The Hall–Kier alpha value is -3.01. The number of aromatic nitrogens is 2. The molecule has 23 heavy (non-hydrogen) atoms. The van der Waals surface area contributed by atoms with E-state index in [1.807, 2.05) is 30.3 Å². The number of benzene rings is 2. The average Bonchev–Trinajstić information content (AvgIpc) is 2.93. The lowest BCUT2D eigenvalue weighted by atomic mass is 10.1. The van der Waals surface area contributed by atoms with E-state index in [2.05, 4.69) is 49.0 Å². The van der Waals surface area contributed by atoms with Gasteiger partial charge in [0.2, 0.25) is 0 Å². The minimum absolute atomic E-state index is 0.569. The van der Waals surface area contributed by atoms with Crippen LogP contribution in [0.5, 0.6) is 0 Å². The lowest BCUT2D eigenvalue weighted by Gasteiger charge is -2.13. The summed E-state index contributed by atoms with van der Waals surface area (Å²) in [6, 6.07) is 16.1. The van der Waals surface area contributed by atoms with E-state index in [0.717, 1.165) is 28.2 Å². The Kier molecular flexibility index (Phi) is 3.89. The summed E-state index contributed by atoms with van der Waals surface area (Å²) in [5.74, 6) is 0.569. The summed E-state index contributed by atoms with van der Waals surface area (Å²) in [4.78, 5) is 0. The number of anilines is 2. The third-order valence-electron chi connectivity index (χ3n) is 3.81. The Bertz CT molecular complexity index is 847. The van der Waals surface area contributed by atoms with Crippen LogP contribution in [0.4, 0.5) is 11.5 Å². The zero-order valence-electron chi connectivity index (χ0n) is 13.4. The van der Waals surface area contributed by atoms with Crippen LogP contribution in [0.25, 0.3) is 11.4 Å². The van der Waals surface area contributed by atoms with E-state index < -0.39 is 0 Å². The molecule has 4 nitrogen and oxygen atoms in total. The molecule has 0 aliphatic carbocycles. The van der Waals surface area contributed by atoms with Crippen molar-refractivity contribution >= 4 is 17.2 Å². The van der Waals surface area contributed by atoms with E-state index in [1.165, 1.54) is 5.56 Å². The summed E-state index contributed by atoms with van der Waals surface area (Å²) >= 11 is 0. The van der Waals surface area contributed by atoms with Crippen LogP contribution < -0.4 is 11.1 Å². The molecule has 0 fully saturated rings. The van der Waals surface area contributed by atoms with E-state index >= 15 is 0 Å². The summed E-state index contributed by atoms with van der Waals surface area (Å²) in [6.45, 7) is 8.24. The van der Waals surface area contributed by atoms with Gasteiger partial charge >= 0.3 is 0 Å². The average molecular weight is 304 g/mol. The van der Waals surface area contributed by atoms with Crippen molar-refractivity contribution in [1.82, 2.24) is 9.78 Å². The molecule has 0 aliphatic rings. The van der Waals surface area contributed by atoms with E-state index in [0.29, 0.717) is 5.82 Å². The third kappa shape index (κ3) is 2.97. The van der Waals surface area contributed by atoms with Crippen molar-refractivity contribution in [2.24, 2.45) is 0 Å². The highest BCUT2D eigenvalue weighted by molar-refractivity contribution is 5.81. The van der Waals surface area contributed by atoms with Crippen LogP contribution >= 0.6 is 0 Å². The maximum Gasteiger partial charge on any atom is 0.136 e. The first-order chi connectivity index (χ1) is 11.1. The molecule has 4 heteroatoms. The van der Waals surface area contributed by atoms with E-state index in [9.17, 15) is 0 Å². The molecular weight excluding hydrogens is 284 g/mol. The molecule has 0 amide bonds. The topological polar surface area (TPSA) is 55.9 Å². The summed E-state index contributed by atoms with van der Waals surface area (Å²) in [7, 11) is 0. The van der Waals surface area contributed by atoms with Gasteiger partial charge in [0.05, 0.1) is 17.4 Å². The summed E-state index contributed by atoms with van der Waals surface area (Å²) in [6.07, 6.45) is 1.74. The zero-order chi connectivity index (χ0) is 16.4. The van der Waals surface area contributed by atoms with Crippen LogP contribution in [0.15, 0.2) is 61.3 Å². The van der Waals surface area contributed by atoms with Crippen LogP contribution in [0, 0.1) is 13.8 Å². The number of para-hydroxylation sites is 1. The number of rotatable bonds is 4. The van der Waals surface area contributed by atoms with Crippen molar-refractivity contribution < 1.29 is 0 Å². The largest absolute Gasteiger partial charge is 0.383 e. The molecule has 0 unspecified atom stereocenters. The molecule has 116 valence electrons. The number of hydrogen-bond acceptors (Lipinski definition) is 3. The van der Waals surface area contributed by atoms with Gasteiger partial charge in [0.15, 0.2) is 0 Å². The van der Waals surface area contributed by atoms with Crippen LogP contribution in [0.1, 0.15) is 16.7 Å². The molecule has 0 atom stereocenters. The molecule has 3 aromatic rings. The Labute approximate surface area is 136 Å². The maximum absolute atomic E-state index is 6.26. The lowest BCUT2D eigenvalue weighted by Crippen LogP contribution is -2.05. The van der Waals surface area contributed by atoms with Crippen LogP contribution in [-0.2, 0) is 0 Å². The number of aryl methyl sites for hydroxylation is 2. The smallest absolute Gasteiger partial charge is 0.136 e. The third-order valence-corrected chi connectivity index (χ3v) is 3.81. The second kappa shape index (κ2) is 6.01. The highest BCUT2D eigenvalue weighted by Crippen LogP contribution is 2.26. The summed E-state index contributed by atoms with van der Waals surface area (Å²) in [5, 5.41) is 7.72. The van der Waals surface area contributed by atoms with E-state index in [1.54, 1.807) is 10.9 Å². The van der Waals surface area contributed by atoms with Gasteiger partial charge in [-0.3, -0.25) is 0 Å². The standard InChI is InChI=1S/C19H20N4/c1-13-9-10-14(2)18(11-13)22-15(3)17-12-21-23(19(17)20)16-7-5-4-6-8-16/h4-12,22H,3,20H2,1-2H3. The number of nitrogen functional groups attached to an aromatic ring is 1. The fourth-order valence-corrected chi connectivity index (χ4v) is 2.47. The predicted molar refractivity (Wildman–Crippen MR) is 96.5 cm³/mol. The van der Waals surface area contributed by atoms with Gasteiger partial charge in [-0.05, 0) is 43.2 Å². The second-order valence-electron chi connectivity index (χ2n) is 5.61. The Morgan fingerprint density at radius 1 is 1.13 bits per heavy atom. The zero-order valence-corrected chi connectivity index (χ0v) is 13.4. The van der Waals surface area contributed by atoms with Crippen molar-refractivity contribution in [3.05, 3.63) is 78.0 Å². The van der Waals surface area contributed by atoms with Gasteiger partial charge < -0.3 is 11.1 Å². The van der Waals surface area contributed by atoms with Crippen LogP contribution in [0.3, 0.4) is 0 Å². The van der Waals surface area contributed by atoms with Gasteiger partial charge in [-0.25, -0.2) is 4.68 Å². The van der Waals surface area contributed by atoms with E-state index in [-0.39, 0.29) is 0 Å². The van der Waals surface area contributed by atoms with Crippen molar-refractivity contribution in [2.75, 3.05) is 11.1 Å². The summed E-state index contributed by atoms with van der Waals surface area (Å²) in [5.41, 5.74) is 12.1. The molecule has 0 spiro atoms. The van der Waals surface area contributed by atoms with E-state index in [4.69, 9.17) is 5.73 Å². The maximum atomic E-state index is 6.26. The molecule has 0 saturated heterocycles. The van der Waals surface area contributed by atoms with Crippen molar-refractivity contribution in [3.8, 4) is 5.69 Å². The van der Waals surface area contributed by atoms with Gasteiger partial charge in [-0.2, -0.15) is 5.10 Å². The first-order valence-electron chi connectivity index (χ1n) is 7.49. The van der Waals surface area contributed by atoms with Gasteiger partial charge in [-0.1, -0.05) is 36.9 Å². The fourth-order valence-electron chi connectivity index (χ4n) is 2.47. The molecule has 0 radical (unpaired) electrons. The van der Waals surface area contributed by atoms with Crippen molar-refractivity contribution in [3.63, 3.8) is 0 Å². The highest BCUT2D eigenvalue weighted by atomic mass is 15.3. The predicted octanol–water partition coefficient (Wildman–Crippen LogP) is 4.15. The van der Waals surface area contributed by atoms with Gasteiger partial charge in [0.1, 0.15) is 5.82 Å². The Balaban J connectivity index is 1.89. The lowest BCUT2D eigenvalue weighted by molar-refractivity contribution is 0.891. The number of hydrogen-bond donors (Lipinski definition) is 2. The first-order valence-corrected chi connectivity index (χ1v) is 7.49. The molecule has 0 saturated carbocycles. The summed E-state index contributed by atoms with van der Waals surface area (Å²) < 4.78 is 1.71. The Morgan fingerprint density at radius 2 is 1.87 bits per heavy atom. The van der Waals surface area contributed by atoms with Crippen molar-refractivity contribution in [2.45, 2.75) is 13.8 Å². The monoisotopic (exact) mass is 304 g/mol. The number of nitrogens with two attached hydrogens (primary N) is 1. The highest BCUT2D eigenvalue weighted by Gasteiger charge is 2.12. The molecule has 1 heterocycles. The van der Waals surface area contributed by atoms with Crippen LogP contribution in [0.2, 0.25) is 0 Å². The first kappa shape index (κ1) is 14.9. The molecule has 2 aromatic carbocycles. The fraction of sp³-hybridized carbons (Fsp3) is 0.105. The normalized spacial score (nSPS) is 10.5. The van der Waals surface area contributed by atoms with Gasteiger partial charge in [0, 0.05) is 11.4 Å². The van der Waals surface area contributed by atoms with Gasteiger partial charge in [0.25, 0.3) is 0 Å².